The Morgan fingerprint density at radius 3 is 2.83 bits per heavy atom. The first-order chi connectivity index (χ1) is 8.84. The molecule has 1 aromatic heterocycles. The van der Waals surface area contributed by atoms with E-state index in [4.69, 9.17) is 9.47 Å². The predicted octanol–water partition coefficient (Wildman–Crippen LogP) is 1.93. The lowest BCUT2D eigenvalue weighted by atomic mass is 10.1. The third-order valence-electron chi connectivity index (χ3n) is 2.60. The number of fused-ring (bicyclic) bond motifs is 1. The number of benzene rings is 1. The molecule has 18 heavy (non-hydrogen) atoms. The topological polar surface area (TPSA) is 61.3 Å². The van der Waals surface area contributed by atoms with Gasteiger partial charge in [-0.3, -0.25) is 4.79 Å². The molecule has 0 saturated heterocycles. The highest BCUT2D eigenvalue weighted by molar-refractivity contribution is 6.99. The van der Waals surface area contributed by atoms with Crippen LogP contribution in [0.5, 0.6) is 11.5 Å². The fourth-order valence-corrected chi connectivity index (χ4v) is 2.13. The summed E-state index contributed by atoms with van der Waals surface area (Å²) in [6.45, 7) is 1.24. The second kappa shape index (κ2) is 4.73. The molecule has 0 unspecified atom stereocenters. The van der Waals surface area contributed by atoms with Crippen LogP contribution in [0.3, 0.4) is 0 Å². The SMILES string of the molecule is O=C(c1ccc2c(c1)OCCCO2)c1cnsn1. The van der Waals surface area contributed by atoms with Crippen LogP contribution >= 0.6 is 11.7 Å². The van der Waals surface area contributed by atoms with Crippen LogP contribution in [0.25, 0.3) is 0 Å². The first kappa shape index (κ1) is 11.2. The number of carbonyl (C=O) groups is 1. The van der Waals surface area contributed by atoms with E-state index in [1.165, 1.54) is 6.20 Å². The number of aromatic nitrogens is 2. The van der Waals surface area contributed by atoms with Crippen LogP contribution in [0.4, 0.5) is 0 Å². The van der Waals surface area contributed by atoms with E-state index in [-0.39, 0.29) is 5.78 Å². The fourth-order valence-electron chi connectivity index (χ4n) is 1.72. The Kier molecular flexibility index (Phi) is 2.93. The molecule has 3 rings (SSSR count). The summed E-state index contributed by atoms with van der Waals surface area (Å²) in [6, 6.07) is 5.17. The van der Waals surface area contributed by atoms with Crippen LogP contribution in [-0.2, 0) is 0 Å². The number of rotatable bonds is 2. The van der Waals surface area contributed by atoms with Crippen LogP contribution < -0.4 is 9.47 Å². The molecule has 0 spiro atoms. The molecule has 0 bridgehead atoms. The lowest BCUT2D eigenvalue weighted by Gasteiger charge is -2.07. The molecule has 0 atom stereocenters. The molecule has 1 aromatic carbocycles. The molecule has 0 amide bonds. The van der Waals surface area contributed by atoms with Crippen molar-refractivity contribution in [1.82, 2.24) is 8.75 Å². The third-order valence-corrected chi connectivity index (χ3v) is 3.08. The van der Waals surface area contributed by atoms with E-state index in [2.05, 4.69) is 8.75 Å². The summed E-state index contributed by atoms with van der Waals surface area (Å²) in [4.78, 5) is 12.1. The van der Waals surface area contributed by atoms with Gasteiger partial charge in [0.25, 0.3) is 0 Å². The van der Waals surface area contributed by atoms with Gasteiger partial charge in [0, 0.05) is 12.0 Å². The zero-order valence-electron chi connectivity index (χ0n) is 9.46. The van der Waals surface area contributed by atoms with E-state index in [0.29, 0.717) is 36.0 Å². The highest BCUT2D eigenvalue weighted by atomic mass is 32.1. The Morgan fingerprint density at radius 2 is 2.06 bits per heavy atom. The predicted molar refractivity (Wildman–Crippen MR) is 65.4 cm³/mol. The van der Waals surface area contributed by atoms with Crippen molar-refractivity contribution in [3.05, 3.63) is 35.7 Å². The van der Waals surface area contributed by atoms with E-state index in [9.17, 15) is 4.79 Å². The molecule has 1 aliphatic rings. The summed E-state index contributed by atoms with van der Waals surface area (Å²) in [6.07, 6.45) is 2.31. The van der Waals surface area contributed by atoms with Crippen molar-refractivity contribution >= 4 is 17.5 Å². The Bertz CT molecular complexity index is 569. The summed E-state index contributed by atoms with van der Waals surface area (Å²) in [5, 5.41) is 0. The van der Waals surface area contributed by atoms with Crippen molar-refractivity contribution in [2.45, 2.75) is 6.42 Å². The molecule has 2 aromatic rings. The Morgan fingerprint density at radius 1 is 1.22 bits per heavy atom. The van der Waals surface area contributed by atoms with E-state index >= 15 is 0 Å². The van der Waals surface area contributed by atoms with Crippen molar-refractivity contribution in [3.8, 4) is 11.5 Å². The largest absolute Gasteiger partial charge is 0.490 e. The molecule has 0 aliphatic carbocycles. The van der Waals surface area contributed by atoms with Gasteiger partial charge in [0.2, 0.25) is 5.78 Å². The smallest absolute Gasteiger partial charge is 0.214 e. The zero-order chi connectivity index (χ0) is 12.4. The first-order valence-electron chi connectivity index (χ1n) is 5.56. The van der Waals surface area contributed by atoms with Crippen LogP contribution in [0.15, 0.2) is 24.4 Å². The van der Waals surface area contributed by atoms with E-state index < -0.39 is 0 Å². The summed E-state index contributed by atoms with van der Waals surface area (Å²) in [5.74, 6) is 1.14. The molecule has 0 N–H and O–H groups in total. The van der Waals surface area contributed by atoms with E-state index in [1.54, 1.807) is 18.2 Å². The second-order valence-corrected chi connectivity index (χ2v) is 4.39. The quantitative estimate of drug-likeness (QED) is 0.774. The van der Waals surface area contributed by atoms with Gasteiger partial charge >= 0.3 is 0 Å². The van der Waals surface area contributed by atoms with Gasteiger partial charge in [0.05, 0.1) is 31.1 Å². The third kappa shape index (κ3) is 2.06. The number of ketones is 1. The summed E-state index contributed by atoms with van der Waals surface area (Å²) in [5.41, 5.74) is 0.890. The monoisotopic (exact) mass is 262 g/mol. The highest BCUT2D eigenvalue weighted by Gasteiger charge is 2.16. The average Bonchev–Trinajstić information content (AvgIpc) is 2.83. The summed E-state index contributed by atoms with van der Waals surface area (Å²) >= 11 is 1.02. The lowest BCUT2D eigenvalue weighted by Crippen LogP contribution is -2.02. The fraction of sp³-hybridized carbons (Fsp3) is 0.250. The summed E-state index contributed by atoms with van der Waals surface area (Å²) < 4.78 is 18.8. The van der Waals surface area contributed by atoms with Crippen LogP contribution in [0, 0.1) is 0 Å². The molecular formula is C12H10N2O3S. The maximum atomic E-state index is 12.1. The Balaban J connectivity index is 1.94. The van der Waals surface area contributed by atoms with Gasteiger partial charge < -0.3 is 9.47 Å². The lowest BCUT2D eigenvalue weighted by molar-refractivity contribution is 0.103. The van der Waals surface area contributed by atoms with Gasteiger partial charge in [-0.1, -0.05) is 0 Å². The molecule has 2 heterocycles. The van der Waals surface area contributed by atoms with Gasteiger partial charge in [-0.15, -0.1) is 0 Å². The number of hydrogen-bond donors (Lipinski definition) is 0. The van der Waals surface area contributed by atoms with E-state index in [1.807, 2.05) is 0 Å². The number of carbonyl (C=O) groups excluding carboxylic acids is 1. The van der Waals surface area contributed by atoms with Crippen LogP contribution in [0.1, 0.15) is 22.5 Å². The van der Waals surface area contributed by atoms with Crippen LogP contribution in [-0.4, -0.2) is 27.7 Å². The molecule has 0 fully saturated rings. The summed E-state index contributed by atoms with van der Waals surface area (Å²) in [7, 11) is 0. The van der Waals surface area contributed by atoms with Gasteiger partial charge in [-0.2, -0.15) is 8.75 Å². The van der Waals surface area contributed by atoms with Crippen molar-refractivity contribution < 1.29 is 14.3 Å². The molecule has 5 nitrogen and oxygen atoms in total. The van der Waals surface area contributed by atoms with Crippen molar-refractivity contribution in [2.24, 2.45) is 0 Å². The minimum atomic E-state index is -0.153. The van der Waals surface area contributed by atoms with Gasteiger partial charge in [-0.05, 0) is 18.2 Å². The molecule has 0 radical (unpaired) electrons. The molecule has 6 heteroatoms. The van der Waals surface area contributed by atoms with Crippen molar-refractivity contribution in [3.63, 3.8) is 0 Å². The highest BCUT2D eigenvalue weighted by Crippen LogP contribution is 2.30. The average molecular weight is 262 g/mol. The van der Waals surface area contributed by atoms with Crippen LogP contribution in [0.2, 0.25) is 0 Å². The molecule has 0 saturated carbocycles. The minimum Gasteiger partial charge on any atom is -0.490 e. The molecule has 1 aliphatic heterocycles. The minimum absolute atomic E-state index is 0.153. The van der Waals surface area contributed by atoms with E-state index in [0.717, 1.165) is 18.1 Å². The first-order valence-corrected chi connectivity index (χ1v) is 6.29. The van der Waals surface area contributed by atoms with Crippen molar-refractivity contribution in [1.29, 1.82) is 0 Å². The van der Waals surface area contributed by atoms with Gasteiger partial charge in [-0.25, -0.2) is 0 Å². The Hall–Kier alpha value is -1.95. The number of ether oxygens (including phenoxy) is 2. The maximum absolute atomic E-state index is 12.1. The Labute approximate surface area is 108 Å². The van der Waals surface area contributed by atoms with Gasteiger partial charge in [0.15, 0.2) is 11.5 Å². The van der Waals surface area contributed by atoms with Crippen molar-refractivity contribution in [2.75, 3.05) is 13.2 Å². The van der Waals surface area contributed by atoms with Gasteiger partial charge in [0.1, 0.15) is 5.69 Å². The normalized spacial score (nSPS) is 14.0. The molecular weight excluding hydrogens is 252 g/mol. The zero-order valence-corrected chi connectivity index (χ0v) is 10.3. The number of hydrogen-bond acceptors (Lipinski definition) is 6. The standard InChI is InChI=1S/C12H10N2O3S/c15-12(9-7-13-18-14-9)8-2-3-10-11(6-8)17-5-1-4-16-10/h2-3,6-7H,1,4-5H2. The maximum Gasteiger partial charge on any atom is 0.214 e. The number of nitrogens with zero attached hydrogens (tertiary/aromatic N) is 2. The molecule has 92 valence electrons. The second-order valence-electron chi connectivity index (χ2n) is 3.83.